The van der Waals surface area contributed by atoms with Gasteiger partial charge in [-0.1, -0.05) is 24.3 Å². The molecule has 2 heterocycles. The lowest BCUT2D eigenvalue weighted by Gasteiger charge is -2.36. The molecule has 1 fully saturated rings. The van der Waals surface area contributed by atoms with Gasteiger partial charge in [-0.15, -0.1) is 0 Å². The molecule has 160 valence electrons. The van der Waals surface area contributed by atoms with Crippen LogP contribution in [0.15, 0.2) is 53.4 Å². The third-order valence-corrected chi connectivity index (χ3v) is 6.85. The van der Waals surface area contributed by atoms with Crippen LogP contribution in [-0.4, -0.2) is 58.5 Å². The highest BCUT2D eigenvalue weighted by molar-refractivity contribution is 7.89. The Hall–Kier alpha value is -2.42. The maximum atomic E-state index is 12.8. The molecule has 4 rings (SSSR count). The highest BCUT2D eigenvalue weighted by atomic mass is 32.2. The number of para-hydroxylation sites is 1. The molecule has 2 aromatic rings. The molecular formula is C22H28N4O3S. The third-order valence-electron chi connectivity index (χ3n) is 5.94. The minimum atomic E-state index is -3.78. The van der Waals surface area contributed by atoms with Crippen molar-refractivity contribution in [3.8, 4) is 0 Å². The van der Waals surface area contributed by atoms with E-state index in [1.54, 1.807) is 11.0 Å². The van der Waals surface area contributed by atoms with Crippen molar-refractivity contribution >= 4 is 27.3 Å². The smallest absolute Gasteiger partial charge is 0.238 e. The standard InChI is InChI=1S/C22H28N4O3S/c23-30(28,29)20-9-8-18-10-12-26(21(18)17-20)22(27)7-4-11-24-13-15-25(16-14-24)19-5-2-1-3-6-19/h1-3,5-6,8-9,17H,4,7,10-16H2,(H2,23,28,29). The summed E-state index contributed by atoms with van der Waals surface area (Å²) in [5, 5.41) is 5.24. The second-order valence-electron chi connectivity index (χ2n) is 7.90. The van der Waals surface area contributed by atoms with Crippen LogP contribution in [0.25, 0.3) is 0 Å². The van der Waals surface area contributed by atoms with Crippen molar-refractivity contribution in [3.63, 3.8) is 0 Å². The summed E-state index contributed by atoms with van der Waals surface area (Å²) < 4.78 is 23.3. The van der Waals surface area contributed by atoms with Crippen LogP contribution in [-0.2, 0) is 21.2 Å². The quantitative estimate of drug-likeness (QED) is 0.759. The van der Waals surface area contributed by atoms with Gasteiger partial charge in [-0.25, -0.2) is 13.6 Å². The zero-order valence-electron chi connectivity index (χ0n) is 17.0. The molecule has 8 heteroatoms. The van der Waals surface area contributed by atoms with Crippen LogP contribution in [0.4, 0.5) is 11.4 Å². The fourth-order valence-electron chi connectivity index (χ4n) is 4.25. The zero-order chi connectivity index (χ0) is 21.1. The number of nitrogens with two attached hydrogens (primary N) is 1. The van der Waals surface area contributed by atoms with E-state index >= 15 is 0 Å². The summed E-state index contributed by atoms with van der Waals surface area (Å²) in [5.41, 5.74) is 2.94. The fraction of sp³-hybridized carbons (Fsp3) is 0.409. The predicted molar refractivity (Wildman–Crippen MR) is 118 cm³/mol. The number of fused-ring (bicyclic) bond motifs is 1. The topological polar surface area (TPSA) is 86.9 Å². The van der Waals surface area contributed by atoms with Gasteiger partial charge in [0.2, 0.25) is 15.9 Å². The second kappa shape index (κ2) is 8.75. The van der Waals surface area contributed by atoms with E-state index in [4.69, 9.17) is 5.14 Å². The summed E-state index contributed by atoms with van der Waals surface area (Å²) >= 11 is 0. The molecule has 2 aliphatic rings. The number of hydrogen-bond donors (Lipinski definition) is 1. The number of carbonyl (C=O) groups is 1. The molecule has 1 amide bonds. The first-order valence-corrected chi connectivity index (χ1v) is 11.9. The summed E-state index contributed by atoms with van der Waals surface area (Å²) in [6.45, 7) is 5.46. The fourth-order valence-corrected chi connectivity index (χ4v) is 4.79. The molecule has 30 heavy (non-hydrogen) atoms. The lowest BCUT2D eigenvalue weighted by molar-refractivity contribution is -0.118. The van der Waals surface area contributed by atoms with Gasteiger partial charge < -0.3 is 9.80 Å². The Morgan fingerprint density at radius 3 is 2.40 bits per heavy atom. The number of nitrogens with zero attached hydrogens (tertiary/aromatic N) is 3. The molecule has 2 aliphatic heterocycles. The molecule has 2 N–H and O–H groups in total. The normalized spacial score (nSPS) is 17.2. The number of piperazine rings is 1. The third kappa shape index (κ3) is 4.66. The first-order valence-electron chi connectivity index (χ1n) is 10.4. The molecule has 0 bridgehead atoms. The van der Waals surface area contributed by atoms with Crippen molar-refractivity contribution in [1.82, 2.24) is 4.90 Å². The Kier molecular flexibility index (Phi) is 6.08. The van der Waals surface area contributed by atoms with Crippen LogP contribution < -0.4 is 14.9 Å². The Morgan fingerprint density at radius 2 is 1.70 bits per heavy atom. The number of hydrogen-bond acceptors (Lipinski definition) is 5. The molecule has 0 aliphatic carbocycles. The van der Waals surface area contributed by atoms with E-state index in [1.807, 2.05) is 6.07 Å². The number of rotatable bonds is 6. The van der Waals surface area contributed by atoms with E-state index in [1.165, 1.54) is 17.8 Å². The Bertz CT molecular complexity index is 1000. The molecule has 0 atom stereocenters. The lowest BCUT2D eigenvalue weighted by atomic mass is 10.2. The van der Waals surface area contributed by atoms with Gasteiger partial charge in [0, 0.05) is 50.5 Å². The van der Waals surface area contributed by atoms with Gasteiger partial charge >= 0.3 is 0 Å². The molecule has 7 nitrogen and oxygen atoms in total. The highest BCUT2D eigenvalue weighted by Crippen LogP contribution is 2.31. The molecule has 0 spiro atoms. The van der Waals surface area contributed by atoms with E-state index in [0.29, 0.717) is 18.7 Å². The highest BCUT2D eigenvalue weighted by Gasteiger charge is 2.26. The van der Waals surface area contributed by atoms with Gasteiger partial charge in [0.1, 0.15) is 0 Å². The van der Waals surface area contributed by atoms with Gasteiger partial charge in [0.25, 0.3) is 0 Å². The minimum absolute atomic E-state index is 0.0447. The molecular weight excluding hydrogens is 400 g/mol. The lowest BCUT2D eigenvalue weighted by Crippen LogP contribution is -2.46. The van der Waals surface area contributed by atoms with Crippen LogP contribution in [0.2, 0.25) is 0 Å². The summed E-state index contributed by atoms with van der Waals surface area (Å²) in [7, 11) is -3.78. The average Bonchev–Trinajstić information content (AvgIpc) is 3.18. The summed E-state index contributed by atoms with van der Waals surface area (Å²) in [6.07, 6.45) is 2.00. The number of anilines is 2. The van der Waals surface area contributed by atoms with E-state index in [9.17, 15) is 13.2 Å². The van der Waals surface area contributed by atoms with Crippen molar-refractivity contribution < 1.29 is 13.2 Å². The summed E-state index contributed by atoms with van der Waals surface area (Å²) in [6, 6.07) is 15.2. The monoisotopic (exact) mass is 428 g/mol. The predicted octanol–water partition coefficient (Wildman–Crippen LogP) is 1.83. The number of benzene rings is 2. The Morgan fingerprint density at radius 1 is 0.967 bits per heavy atom. The van der Waals surface area contributed by atoms with Crippen molar-refractivity contribution in [2.45, 2.75) is 24.2 Å². The van der Waals surface area contributed by atoms with Crippen LogP contribution in [0.3, 0.4) is 0 Å². The van der Waals surface area contributed by atoms with Crippen molar-refractivity contribution in [3.05, 3.63) is 54.1 Å². The Labute approximate surface area is 178 Å². The van der Waals surface area contributed by atoms with Crippen LogP contribution in [0.5, 0.6) is 0 Å². The summed E-state index contributed by atoms with van der Waals surface area (Å²) in [4.78, 5) is 19.3. The molecule has 0 aromatic heterocycles. The SMILES string of the molecule is NS(=O)(=O)c1ccc2c(c1)N(C(=O)CCCN1CCN(c3ccccc3)CC1)CC2. The van der Waals surface area contributed by atoms with Crippen molar-refractivity contribution in [2.75, 3.05) is 49.1 Å². The van der Waals surface area contributed by atoms with Gasteiger partial charge in [0.15, 0.2) is 0 Å². The molecule has 0 saturated carbocycles. The van der Waals surface area contributed by atoms with Gasteiger partial charge in [-0.3, -0.25) is 9.69 Å². The van der Waals surface area contributed by atoms with E-state index < -0.39 is 10.0 Å². The van der Waals surface area contributed by atoms with E-state index in [0.717, 1.165) is 51.1 Å². The second-order valence-corrected chi connectivity index (χ2v) is 9.46. The number of sulfonamides is 1. The Balaban J connectivity index is 1.27. The summed E-state index contributed by atoms with van der Waals surface area (Å²) in [5.74, 6) is 0.0447. The van der Waals surface area contributed by atoms with E-state index in [-0.39, 0.29) is 10.8 Å². The zero-order valence-corrected chi connectivity index (χ0v) is 17.9. The van der Waals surface area contributed by atoms with Crippen LogP contribution in [0, 0.1) is 0 Å². The first-order chi connectivity index (χ1) is 14.4. The maximum Gasteiger partial charge on any atom is 0.238 e. The maximum absolute atomic E-state index is 12.8. The van der Waals surface area contributed by atoms with Crippen molar-refractivity contribution in [2.24, 2.45) is 5.14 Å². The van der Waals surface area contributed by atoms with Crippen LogP contribution in [0.1, 0.15) is 18.4 Å². The molecule has 1 saturated heterocycles. The largest absolute Gasteiger partial charge is 0.369 e. The molecule has 2 aromatic carbocycles. The molecule has 0 radical (unpaired) electrons. The van der Waals surface area contributed by atoms with E-state index in [2.05, 4.69) is 34.1 Å². The van der Waals surface area contributed by atoms with Gasteiger partial charge in [-0.05, 0) is 49.2 Å². The number of carbonyl (C=O) groups excluding carboxylic acids is 1. The molecule has 0 unspecified atom stereocenters. The van der Waals surface area contributed by atoms with Gasteiger partial charge in [0.05, 0.1) is 4.90 Å². The van der Waals surface area contributed by atoms with Crippen LogP contribution >= 0.6 is 0 Å². The van der Waals surface area contributed by atoms with Crippen molar-refractivity contribution in [1.29, 1.82) is 0 Å². The minimum Gasteiger partial charge on any atom is -0.369 e. The number of primary sulfonamides is 1. The average molecular weight is 429 g/mol. The number of amides is 1. The first kappa shape index (κ1) is 20.8. The van der Waals surface area contributed by atoms with Gasteiger partial charge in [-0.2, -0.15) is 0 Å².